The van der Waals surface area contributed by atoms with Gasteiger partial charge in [-0.3, -0.25) is 0 Å². The lowest BCUT2D eigenvalue weighted by atomic mass is 10.2. The minimum atomic E-state index is 0.880. The van der Waals surface area contributed by atoms with Crippen molar-refractivity contribution in [3.8, 4) is 11.3 Å². The third-order valence-electron chi connectivity index (χ3n) is 2.06. The zero-order valence-corrected chi connectivity index (χ0v) is 9.41. The number of hydrogen-bond donors (Lipinski definition) is 0. The average molecular weight is 228 g/mol. The van der Waals surface area contributed by atoms with Gasteiger partial charge in [-0.2, -0.15) is 0 Å². The molecule has 0 aliphatic heterocycles. The average Bonchev–Trinajstić information content (AvgIpc) is 3.03. The second-order valence-electron chi connectivity index (χ2n) is 3.45. The molecule has 0 bridgehead atoms. The Morgan fingerprint density at radius 1 is 1.00 bits per heavy atom. The van der Waals surface area contributed by atoms with E-state index in [1.54, 1.807) is 18.7 Å². The highest BCUT2D eigenvalue weighted by Crippen LogP contribution is 2.14. The van der Waals surface area contributed by atoms with Gasteiger partial charge in [-0.1, -0.05) is 40.6 Å². The van der Waals surface area contributed by atoms with Crippen LogP contribution in [0.1, 0.15) is 5.56 Å². The van der Waals surface area contributed by atoms with Crippen molar-refractivity contribution in [2.45, 2.75) is 6.92 Å². The van der Waals surface area contributed by atoms with Crippen LogP contribution in [0, 0.1) is 6.92 Å². The molecule has 0 atom stereocenters. The molecule has 4 nitrogen and oxygen atoms in total. The quantitative estimate of drug-likeness (QED) is 0.641. The maximum Gasteiger partial charge on any atom is 0.126 e. The fourth-order valence-electron chi connectivity index (χ4n) is 1.23. The van der Waals surface area contributed by atoms with Crippen LogP contribution in [0.15, 0.2) is 64.2 Å². The summed E-state index contributed by atoms with van der Waals surface area (Å²) in [6, 6.07) is 11.8. The van der Waals surface area contributed by atoms with Crippen LogP contribution in [-0.2, 0) is 0 Å². The predicted octanol–water partition coefficient (Wildman–Crippen LogP) is 3.32. The molecule has 1 aromatic carbocycles. The molecule has 86 valence electrons. The Bertz CT molecular complexity index is 516. The van der Waals surface area contributed by atoms with Gasteiger partial charge in [0.1, 0.15) is 18.2 Å². The third-order valence-corrected chi connectivity index (χ3v) is 2.06. The molecule has 0 saturated carbocycles. The Morgan fingerprint density at radius 3 is 2.29 bits per heavy atom. The Labute approximate surface area is 98.8 Å². The summed E-state index contributed by atoms with van der Waals surface area (Å²) in [6.45, 7) is 1.93. The highest BCUT2D eigenvalue weighted by atomic mass is 16.5. The lowest BCUT2D eigenvalue weighted by molar-refractivity contribution is 0.419. The standard InChI is InChI=1S/C9H7NO.C4H5NO/c1-2-4-8(5-3-1)9-6-7-11-10-9;1-4-2-5-6-3-4/h1-7H;2-3H,1H3. The molecule has 4 heteroatoms. The molecule has 0 fully saturated rings. The van der Waals surface area contributed by atoms with Crippen LogP contribution < -0.4 is 0 Å². The van der Waals surface area contributed by atoms with E-state index in [-0.39, 0.29) is 0 Å². The number of nitrogens with zero attached hydrogens (tertiary/aromatic N) is 2. The zero-order valence-electron chi connectivity index (χ0n) is 9.41. The first-order valence-electron chi connectivity index (χ1n) is 5.18. The summed E-state index contributed by atoms with van der Waals surface area (Å²) < 4.78 is 9.18. The second kappa shape index (κ2) is 5.65. The molecule has 17 heavy (non-hydrogen) atoms. The van der Waals surface area contributed by atoms with Gasteiger partial charge in [0.25, 0.3) is 0 Å². The van der Waals surface area contributed by atoms with Crippen molar-refractivity contribution >= 4 is 0 Å². The molecule has 0 spiro atoms. The highest BCUT2D eigenvalue weighted by Gasteiger charge is 1.96. The molecule has 2 heterocycles. The maximum absolute atomic E-state index is 4.72. The van der Waals surface area contributed by atoms with Crippen LogP contribution in [0.5, 0.6) is 0 Å². The van der Waals surface area contributed by atoms with Gasteiger partial charge in [-0.25, -0.2) is 0 Å². The van der Waals surface area contributed by atoms with Crippen molar-refractivity contribution in [2.24, 2.45) is 0 Å². The lowest BCUT2D eigenvalue weighted by Crippen LogP contribution is -1.73. The van der Waals surface area contributed by atoms with Crippen molar-refractivity contribution in [1.82, 2.24) is 10.3 Å². The van der Waals surface area contributed by atoms with Crippen LogP contribution in [-0.4, -0.2) is 10.3 Å². The topological polar surface area (TPSA) is 52.1 Å². The highest BCUT2D eigenvalue weighted by molar-refractivity contribution is 5.57. The minimum Gasteiger partial charge on any atom is -0.365 e. The van der Waals surface area contributed by atoms with Gasteiger partial charge in [0.05, 0.1) is 6.20 Å². The normalized spacial score (nSPS) is 9.47. The van der Waals surface area contributed by atoms with Crippen LogP contribution in [0.2, 0.25) is 0 Å². The van der Waals surface area contributed by atoms with E-state index in [4.69, 9.17) is 4.52 Å². The predicted molar refractivity (Wildman–Crippen MR) is 63.2 cm³/mol. The summed E-state index contributed by atoms with van der Waals surface area (Å²) in [5, 5.41) is 7.26. The van der Waals surface area contributed by atoms with E-state index in [9.17, 15) is 0 Å². The van der Waals surface area contributed by atoms with Crippen molar-refractivity contribution in [2.75, 3.05) is 0 Å². The molecule has 0 saturated heterocycles. The van der Waals surface area contributed by atoms with E-state index in [0.717, 1.165) is 16.8 Å². The molecule has 0 amide bonds. The summed E-state index contributed by atoms with van der Waals surface area (Å²) in [6.07, 6.45) is 4.84. The van der Waals surface area contributed by atoms with Crippen LogP contribution in [0.25, 0.3) is 11.3 Å². The molecule has 3 aromatic rings. The van der Waals surface area contributed by atoms with E-state index >= 15 is 0 Å². The van der Waals surface area contributed by atoms with Gasteiger partial charge in [0, 0.05) is 17.2 Å². The molecule has 2 aromatic heterocycles. The van der Waals surface area contributed by atoms with Gasteiger partial charge in [0.2, 0.25) is 0 Å². The second-order valence-corrected chi connectivity index (χ2v) is 3.45. The van der Waals surface area contributed by atoms with Crippen LogP contribution in [0.4, 0.5) is 0 Å². The monoisotopic (exact) mass is 228 g/mol. The number of benzene rings is 1. The summed E-state index contributed by atoms with van der Waals surface area (Å²) in [5.41, 5.74) is 3.03. The molecule has 0 unspecified atom stereocenters. The molecule has 0 aliphatic rings. The Balaban J connectivity index is 0.000000153. The van der Waals surface area contributed by atoms with Crippen molar-refractivity contribution in [3.63, 3.8) is 0 Å². The van der Waals surface area contributed by atoms with Crippen molar-refractivity contribution in [3.05, 3.63) is 60.7 Å². The molecule has 0 N–H and O–H groups in total. The minimum absolute atomic E-state index is 0.880. The first-order chi connectivity index (χ1) is 8.36. The Kier molecular flexibility index (Phi) is 3.70. The van der Waals surface area contributed by atoms with E-state index in [2.05, 4.69) is 14.8 Å². The third kappa shape index (κ3) is 3.31. The summed E-state index contributed by atoms with van der Waals surface area (Å²) >= 11 is 0. The molecule has 3 rings (SSSR count). The summed E-state index contributed by atoms with van der Waals surface area (Å²) in [4.78, 5) is 0. The number of aromatic nitrogens is 2. The fraction of sp³-hybridized carbons (Fsp3) is 0.0769. The number of aryl methyl sites for hydroxylation is 1. The van der Waals surface area contributed by atoms with E-state index in [0.29, 0.717) is 0 Å². The van der Waals surface area contributed by atoms with Gasteiger partial charge >= 0.3 is 0 Å². The zero-order chi connectivity index (χ0) is 11.9. The van der Waals surface area contributed by atoms with E-state index < -0.39 is 0 Å². The van der Waals surface area contributed by atoms with Gasteiger partial charge in [-0.15, -0.1) is 0 Å². The van der Waals surface area contributed by atoms with Gasteiger partial charge in [-0.05, 0) is 6.92 Å². The molecule has 0 aliphatic carbocycles. The summed E-state index contributed by atoms with van der Waals surface area (Å²) in [5.74, 6) is 0. The lowest BCUT2D eigenvalue weighted by Gasteiger charge is -1.90. The Hall–Kier alpha value is -2.36. The first kappa shape index (κ1) is 11.1. The van der Waals surface area contributed by atoms with Crippen molar-refractivity contribution < 1.29 is 9.05 Å². The summed E-state index contributed by atoms with van der Waals surface area (Å²) in [7, 11) is 0. The van der Waals surface area contributed by atoms with Crippen LogP contribution >= 0.6 is 0 Å². The SMILES string of the molecule is Cc1cnoc1.c1ccc(-c2ccon2)cc1. The van der Waals surface area contributed by atoms with Gasteiger partial charge < -0.3 is 9.05 Å². The van der Waals surface area contributed by atoms with E-state index in [1.807, 2.05) is 43.3 Å². The largest absolute Gasteiger partial charge is 0.365 e. The van der Waals surface area contributed by atoms with E-state index in [1.165, 1.54) is 0 Å². The first-order valence-corrected chi connectivity index (χ1v) is 5.18. The maximum atomic E-state index is 4.72. The smallest absolute Gasteiger partial charge is 0.126 e. The van der Waals surface area contributed by atoms with Gasteiger partial charge in [0.15, 0.2) is 0 Å². The van der Waals surface area contributed by atoms with Crippen molar-refractivity contribution in [1.29, 1.82) is 0 Å². The Morgan fingerprint density at radius 2 is 1.82 bits per heavy atom. The molecular weight excluding hydrogens is 216 g/mol. The fourth-order valence-corrected chi connectivity index (χ4v) is 1.23. The molecule has 0 radical (unpaired) electrons. The number of hydrogen-bond acceptors (Lipinski definition) is 4. The number of rotatable bonds is 1. The molecular formula is C13H12N2O2. The van der Waals surface area contributed by atoms with Crippen LogP contribution in [0.3, 0.4) is 0 Å².